The van der Waals surface area contributed by atoms with Crippen LogP contribution in [0, 0.1) is 11.3 Å². The van der Waals surface area contributed by atoms with Crippen molar-refractivity contribution in [1.29, 1.82) is 5.26 Å². The van der Waals surface area contributed by atoms with Crippen LogP contribution in [0.25, 0.3) is 0 Å². The van der Waals surface area contributed by atoms with Gasteiger partial charge >= 0.3 is 0 Å². The minimum absolute atomic E-state index is 0.224. The number of aromatic nitrogens is 2. The molecule has 0 aliphatic carbocycles. The van der Waals surface area contributed by atoms with E-state index in [2.05, 4.69) is 23.8 Å². The highest BCUT2D eigenvalue weighted by Gasteiger charge is 2.14. The van der Waals surface area contributed by atoms with Crippen LogP contribution in [0.15, 0.2) is 36.5 Å². The van der Waals surface area contributed by atoms with Gasteiger partial charge in [-0.3, -0.25) is 0 Å². The smallest absolute Gasteiger partial charge is 0.227 e. The zero-order valence-electron chi connectivity index (χ0n) is 11.6. The number of nitrogens with zero attached hydrogens (tertiary/aromatic N) is 4. The molecule has 0 unspecified atom stereocenters. The van der Waals surface area contributed by atoms with Crippen molar-refractivity contribution in [2.45, 2.75) is 26.4 Å². The highest BCUT2D eigenvalue weighted by molar-refractivity contribution is 5.41. The predicted molar refractivity (Wildman–Crippen MR) is 78.9 cm³/mol. The van der Waals surface area contributed by atoms with E-state index in [1.54, 1.807) is 12.3 Å². The largest absolute Gasteiger partial charge is 0.399 e. The van der Waals surface area contributed by atoms with E-state index in [0.717, 1.165) is 11.3 Å². The van der Waals surface area contributed by atoms with Crippen LogP contribution in [0.1, 0.15) is 25.1 Å². The van der Waals surface area contributed by atoms with Gasteiger partial charge in [-0.05, 0) is 37.6 Å². The lowest BCUT2D eigenvalue weighted by Crippen LogP contribution is -2.31. The van der Waals surface area contributed by atoms with Crippen LogP contribution >= 0.6 is 0 Å². The minimum Gasteiger partial charge on any atom is -0.399 e. The number of nitrogens with two attached hydrogens (primary N) is 1. The normalized spacial score (nSPS) is 10.3. The molecule has 5 heteroatoms. The maximum absolute atomic E-state index is 8.93. The maximum atomic E-state index is 8.93. The van der Waals surface area contributed by atoms with Crippen LogP contribution in [0.3, 0.4) is 0 Å². The van der Waals surface area contributed by atoms with Gasteiger partial charge in [0.15, 0.2) is 0 Å². The van der Waals surface area contributed by atoms with Gasteiger partial charge in [0.25, 0.3) is 0 Å². The average molecular weight is 267 g/mol. The van der Waals surface area contributed by atoms with Crippen molar-refractivity contribution < 1.29 is 0 Å². The Hall–Kier alpha value is -2.61. The SMILES string of the molecule is CC(C)N(Cc1ccc(N)cc1)c1nccc(C#N)n1. The number of rotatable bonds is 4. The predicted octanol–water partition coefficient (Wildman–Crippen LogP) is 2.35. The van der Waals surface area contributed by atoms with Crippen LogP contribution in [-0.4, -0.2) is 16.0 Å². The van der Waals surface area contributed by atoms with E-state index >= 15 is 0 Å². The third kappa shape index (κ3) is 3.23. The van der Waals surface area contributed by atoms with E-state index in [9.17, 15) is 0 Å². The summed E-state index contributed by atoms with van der Waals surface area (Å²) < 4.78 is 0. The van der Waals surface area contributed by atoms with Gasteiger partial charge < -0.3 is 10.6 Å². The molecule has 0 saturated carbocycles. The van der Waals surface area contributed by atoms with Gasteiger partial charge in [0.05, 0.1) is 0 Å². The van der Waals surface area contributed by atoms with Crippen LogP contribution in [0.2, 0.25) is 0 Å². The number of benzene rings is 1. The first-order chi connectivity index (χ1) is 9.60. The van der Waals surface area contributed by atoms with E-state index in [4.69, 9.17) is 11.0 Å². The first kappa shape index (κ1) is 13.8. The number of hydrogen-bond acceptors (Lipinski definition) is 5. The highest BCUT2D eigenvalue weighted by atomic mass is 15.3. The van der Waals surface area contributed by atoms with Crippen molar-refractivity contribution in [3.05, 3.63) is 47.8 Å². The monoisotopic (exact) mass is 267 g/mol. The summed E-state index contributed by atoms with van der Waals surface area (Å²) in [7, 11) is 0. The lowest BCUT2D eigenvalue weighted by atomic mass is 10.2. The fraction of sp³-hybridized carbons (Fsp3) is 0.267. The molecule has 0 amide bonds. The molecule has 2 aromatic rings. The Labute approximate surface area is 118 Å². The standard InChI is InChI=1S/C15H17N5/c1-11(2)20(10-12-3-5-13(17)6-4-12)15-18-8-7-14(9-16)19-15/h3-8,11H,10,17H2,1-2H3. The topological polar surface area (TPSA) is 78.8 Å². The fourth-order valence-corrected chi connectivity index (χ4v) is 1.85. The molecule has 0 bridgehead atoms. The molecule has 1 aromatic heterocycles. The summed E-state index contributed by atoms with van der Waals surface area (Å²) in [5, 5.41) is 8.93. The molecule has 0 saturated heterocycles. The molecule has 2 N–H and O–H groups in total. The summed E-state index contributed by atoms with van der Waals surface area (Å²) in [5.41, 5.74) is 7.93. The van der Waals surface area contributed by atoms with Crippen molar-refractivity contribution >= 4 is 11.6 Å². The maximum Gasteiger partial charge on any atom is 0.227 e. The second kappa shape index (κ2) is 6.02. The first-order valence-electron chi connectivity index (χ1n) is 6.44. The van der Waals surface area contributed by atoms with Crippen LogP contribution in [0.5, 0.6) is 0 Å². The lowest BCUT2D eigenvalue weighted by molar-refractivity contribution is 0.660. The van der Waals surface area contributed by atoms with Crippen molar-refractivity contribution in [3.8, 4) is 6.07 Å². The minimum atomic E-state index is 0.224. The van der Waals surface area contributed by atoms with E-state index < -0.39 is 0 Å². The van der Waals surface area contributed by atoms with Crippen LogP contribution in [0.4, 0.5) is 11.6 Å². The van der Waals surface area contributed by atoms with Crippen molar-refractivity contribution in [2.75, 3.05) is 10.6 Å². The zero-order valence-corrected chi connectivity index (χ0v) is 11.6. The van der Waals surface area contributed by atoms with Gasteiger partial charge in [0.1, 0.15) is 11.8 Å². The molecule has 5 nitrogen and oxygen atoms in total. The summed E-state index contributed by atoms with van der Waals surface area (Å²) >= 11 is 0. The van der Waals surface area contributed by atoms with Gasteiger partial charge in [0.2, 0.25) is 5.95 Å². The molecule has 0 radical (unpaired) electrons. The van der Waals surface area contributed by atoms with E-state index in [1.165, 1.54) is 0 Å². The van der Waals surface area contributed by atoms with Gasteiger partial charge in [-0.25, -0.2) is 9.97 Å². The molecule has 0 aliphatic rings. The average Bonchev–Trinajstić information content (AvgIpc) is 2.46. The second-order valence-corrected chi connectivity index (χ2v) is 4.82. The molecular formula is C15H17N5. The summed E-state index contributed by atoms with van der Waals surface area (Å²) in [5.74, 6) is 0.566. The van der Waals surface area contributed by atoms with Crippen LogP contribution in [-0.2, 0) is 6.54 Å². The summed E-state index contributed by atoms with van der Waals surface area (Å²) in [6, 6.07) is 11.6. The summed E-state index contributed by atoms with van der Waals surface area (Å²) in [6.45, 7) is 4.81. The molecule has 1 aromatic carbocycles. The lowest BCUT2D eigenvalue weighted by Gasteiger charge is -2.26. The Morgan fingerprint density at radius 3 is 2.55 bits per heavy atom. The van der Waals surface area contributed by atoms with Gasteiger partial charge in [-0.15, -0.1) is 0 Å². The molecule has 102 valence electrons. The first-order valence-corrected chi connectivity index (χ1v) is 6.44. The Morgan fingerprint density at radius 1 is 1.25 bits per heavy atom. The van der Waals surface area contributed by atoms with E-state index in [1.807, 2.05) is 35.2 Å². The van der Waals surface area contributed by atoms with Gasteiger partial charge in [0, 0.05) is 24.5 Å². The third-order valence-corrected chi connectivity index (χ3v) is 2.97. The Morgan fingerprint density at radius 2 is 1.95 bits per heavy atom. The Bertz CT molecular complexity index is 613. The molecule has 1 heterocycles. The van der Waals surface area contributed by atoms with Crippen molar-refractivity contribution in [2.24, 2.45) is 0 Å². The van der Waals surface area contributed by atoms with E-state index in [-0.39, 0.29) is 6.04 Å². The van der Waals surface area contributed by atoms with Crippen molar-refractivity contribution in [3.63, 3.8) is 0 Å². The number of hydrogen-bond donors (Lipinski definition) is 1. The molecule has 20 heavy (non-hydrogen) atoms. The second-order valence-electron chi connectivity index (χ2n) is 4.82. The fourth-order valence-electron chi connectivity index (χ4n) is 1.85. The zero-order chi connectivity index (χ0) is 14.5. The van der Waals surface area contributed by atoms with E-state index in [0.29, 0.717) is 18.2 Å². The Kier molecular flexibility index (Phi) is 4.16. The number of anilines is 2. The van der Waals surface area contributed by atoms with Gasteiger partial charge in [-0.2, -0.15) is 5.26 Å². The number of nitrogen functional groups attached to an aromatic ring is 1. The molecule has 0 atom stereocenters. The van der Waals surface area contributed by atoms with Gasteiger partial charge in [-0.1, -0.05) is 12.1 Å². The molecule has 0 fully saturated rings. The third-order valence-electron chi connectivity index (χ3n) is 2.97. The summed E-state index contributed by atoms with van der Waals surface area (Å²) in [4.78, 5) is 10.6. The quantitative estimate of drug-likeness (QED) is 0.860. The molecule has 0 aliphatic heterocycles. The number of nitriles is 1. The highest BCUT2D eigenvalue weighted by Crippen LogP contribution is 2.16. The Balaban J connectivity index is 2.27. The van der Waals surface area contributed by atoms with Crippen molar-refractivity contribution in [1.82, 2.24) is 9.97 Å². The molecular weight excluding hydrogens is 250 g/mol. The molecule has 0 spiro atoms. The van der Waals surface area contributed by atoms with Crippen LogP contribution < -0.4 is 10.6 Å². The molecule has 2 rings (SSSR count). The summed E-state index contributed by atoms with van der Waals surface area (Å²) in [6.07, 6.45) is 1.61.